The SMILES string of the molecule is CCOC(=O)c1sc(NC(=O)CSc2ncc[nH]2)nc1C. The van der Waals surface area contributed by atoms with Gasteiger partial charge in [0.15, 0.2) is 10.3 Å². The van der Waals surface area contributed by atoms with E-state index in [0.717, 1.165) is 11.3 Å². The molecule has 2 aromatic heterocycles. The van der Waals surface area contributed by atoms with E-state index in [4.69, 9.17) is 4.74 Å². The molecule has 0 spiro atoms. The molecule has 112 valence electrons. The van der Waals surface area contributed by atoms with Crippen LogP contribution in [0.15, 0.2) is 17.6 Å². The van der Waals surface area contributed by atoms with Gasteiger partial charge in [0.25, 0.3) is 0 Å². The van der Waals surface area contributed by atoms with Crippen molar-refractivity contribution >= 4 is 40.1 Å². The first-order valence-corrected chi connectivity index (χ1v) is 7.97. The van der Waals surface area contributed by atoms with Crippen LogP contribution in [-0.2, 0) is 9.53 Å². The molecule has 9 heteroatoms. The number of carbonyl (C=O) groups excluding carboxylic acids is 2. The molecule has 2 aromatic rings. The molecule has 2 N–H and O–H groups in total. The van der Waals surface area contributed by atoms with Crippen molar-refractivity contribution in [1.29, 1.82) is 0 Å². The largest absolute Gasteiger partial charge is 0.462 e. The quantitative estimate of drug-likeness (QED) is 0.623. The van der Waals surface area contributed by atoms with Gasteiger partial charge in [-0.05, 0) is 13.8 Å². The molecule has 1 amide bonds. The number of imidazole rings is 1. The van der Waals surface area contributed by atoms with Crippen molar-refractivity contribution in [2.24, 2.45) is 0 Å². The number of thiazole rings is 1. The summed E-state index contributed by atoms with van der Waals surface area (Å²) >= 11 is 2.40. The highest BCUT2D eigenvalue weighted by Crippen LogP contribution is 2.23. The van der Waals surface area contributed by atoms with E-state index in [1.165, 1.54) is 11.8 Å². The number of H-pyrrole nitrogens is 1. The van der Waals surface area contributed by atoms with Crippen LogP contribution in [0.4, 0.5) is 5.13 Å². The molecule has 0 radical (unpaired) electrons. The molecular weight excluding hydrogens is 312 g/mol. The molecule has 0 bridgehead atoms. The molecule has 2 rings (SSSR count). The highest BCUT2D eigenvalue weighted by atomic mass is 32.2. The van der Waals surface area contributed by atoms with Gasteiger partial charge in [0.1, 0.15) is 4.88 Å². The number of nitrogens with one attached hydrogen (secondary N) is 2. The van der Waals surface area contributed by atoms with Gasteiger partial charge in [-0.15, -0.1) is 0 Å². The van der Waals surface area contributed by atoms with Crippen LogP contribution in [-0.4, -0.2) is 39.2 Å². The van der Waals surface area contributed by atoms with E-state index in [-0.39, 0.29) is 11.7 Å². The summed E-state index contributed by atoms with van der Waals surface area (Å²) in [5, 5.41) is 3.72. The predicted molar refractivity (Wildman–Crippen MR) is 80.7 cm³/mol. The van der Waals surface area contributed by atoms with E-state index in [2.05, 4.69) is 20.3 Å². The van der Waals surface area contributed by atoms with E-state index < -0.39 is 5.97 Å². The first-order chi connectivity index (χ1) is 10.1. The molecule has 0 fully saturated rings. The van der Waals surface area contributed by atoms with Gasteiger partial charge in [-0.2, -0.15) is 0 Å². The number of thioether (sulfide) groups is 1. The number of hydrogen-bond donors (Lipinski definition) is 2. The van der Waals surface area contributed by atoms with Crippen molar-refractivity contribution in [2.75, 3.05) is 17.7 Å². The maximum absolute atomic E-state index is 11.8. The number of amides is 1. The number of carbonyl (C=O) groups is 2. The lowest BCUT2D eigenvalue weighted by atomic mass is 10.4. The maximum Gasteiger partial charge on any atom is 0.350 e. The van der Waals surface area contributed by atoms with Gasteiger partial charge in [-0.25, -0.2) is 14.8 Å². The van der Waals surface area contributed by atoms with Crippen LogP contribution in [0.3, 0.4) is 0 Å². The first-order valence-electron chi connectivity index (χ1n) is 6.16. The normalized spacial score (nSPS) is 10.4. The molecular formula is C12H14N4O3S2. The second kappa shape index (κ2) is 7.23. The van der Waals surface area contributed by atoms with E-state index >= 15 is 0 Å². The van der Waals surface area contributed by atoms with Crippen LogP contribution in [0.1, 0.15) is 22.3 Å². The summed E-state index contributed by atoms with van der Waals surface area (Å²) in [6, 6.07) is 0. The Morgan fingerprint density at radius 2 is 2.33 bits per heavy atom. The lowest BCUT2D eigenvalue weighted by molar-refractivity contribution is -0.113. The minimum Gasteiger partial charge on any atom is -0.462 e. The van der Waals surface area contributed by atoms with Gasteiger partial charge < -0.3 is 15.0 Å². The van der Waals surface area contributed by atoms with Crippen LogP contribution < -0.4 is 5.32 Å². The van der Waals surface area contributed by atoms with Crippen molar-refractivity contribution in [1.82, 2.24) is 15.0 Å². The van der Waals surface area contributed by atoms with Crippen LogP contribution >= 0.6 is 23.1 Å². The van der Waals surface area contributed by atoms with Gasteiger partial charge in [-0.3, -0.25) is 4.79 Å². The highest BCUT2D eigenvalue weighted by Gasteiger charge is 2.17. The average Bonchev–Trinajstić information content (AvgIpc) is 3.06. The molecule has 0 saturated heterocycles. The highest BCUT2D eigenvalue weighted by molar-refractivity contribution is 7.99. The topological polar surface area (TPSA) is 97.0 Å². The number of aromatic amines is 1. The van der Waals surface area contributed by atoms with Gasteiger partial charge in [0, 0.05) is 12.4 Å². The van der Waals surface area contributed by atoms with E-state index in [1.54, 1.807) is 26.2 Å². The van der Waals surface area contributed by atoms with Crippen LogP contribution in [0.5, 0.6) is 0 Å². The number of esters is 1. The zero-order chi connectivity index (χ0) is 15.2. The second-order valence-electron chi connectivity index (χ2n) is 3.89. The Kier molecular flexibility index (Phi) is 5.34. The fraction of sp³-hybridized carbons (Fsp3) is 0.333. The fourth-order valence-electron chi connectivity index (χ4n) is 1.45. The Morgan fingerprint density at radius 1 is 1.52 bits per heavy atom. The number of aromatic nitrogens is 3. The summed E-state index contributed by atoms with van der Waals surface area (Å²) in [4.78, 5) is 34.9. The summed E-state index contributed by atoms with van der Waals surface area (Å²) in [7, 11) is 0. The third kappa shape index (κ3) is 4.30. The third-order valence-electron chi connectivity index (χ3n) is 2.32. The minimum atomic E-state index is -0.419. The Bertz CT molecular complexity index is 624. The number of anilines is 1. The maximum atomic E-state index is 11.8. The average molecular weight is 326 g/mol. The molecule has 0 aliphatic carbocycles. The van der Waals surface area contributed by atoms with Gasteiger partial charge in [-0.1, -0.05) is 23.1 Å². The molecule has 0 aromatic carbocycles. The number of hydrogen-bond acceptors (Lipinski definition) is 7. The Labute approximate surface area is 129 Å². The molecule has 0 aliphatic rings. The van der Waals surface area contributed by atoms with Crippen molar-refractivity contribution in [2.45, 2.75) is 19.0 Å². The van der Waals surface area contributed by atoms with E-state index in [0.29, 0.717) is 27.5 Å². The minimum absolute atomic E-state index is 0.208. The molecule has 21 heavy (non-hydrogen) atoms. The molecule has 7 nitrogen and oxygen atoms in total. The second-order valence-corrected chi connectivity index (χ2v) is 5.85. The van der Waals surface area contributed by atoms with Crippen molar-refractivity contribution in [3.8, 4) is 0 Å². The lowest BCUT2D eigenvalue weighted by Gasteiger charge is -1.99. The summed E-state index contributed by atoms with van der Waals surface area (Å²) < 4.78 is 4.93. The summed E-state index contributed by atoms with van der Waals surface area (Å²) in [5.74, 6) is -0.417. The Balaban J connectivity index is 1.92. The smallest absolute Gasteiger partial charge is 0.350 e. The monoisotopic (exact) mass is 326 g/mol. The van der Waals surface area contributed by atoms with Crippen LogP contribution in [0.25, 0.3) is 0 Å². The van der Waals surface area contributed by atoms with Gasteiger partial charge in [0.05, 0.1) is 18.1 Å². The standard InChI is InChI=1S/C12H14N4O3S2/c1-3-19-10(18)9-7(2)15-12(21-9)16-8(17)6-20-11-13-4-5-14-11/h4-5H,3,6H2,1-2H3,(H,13,14)(H,15,16,17). The summed E-state index contributed by atoms with van der Waals surface area (Å²) in [6.07, 6.45) is 3.31. The van der Waals surface area contributed by atoms with Crippen LogP contribution in [0.2, 0.25) is 0 Å². The van der Waals surface area contributed by atoms with Gasteiger partial charge in [0.2, 0.25) is 5.91 Å². The first kappa shape index (κ1) is 15.5. The van der Waals surface area contributed by atoms with Gasteiger partial charge >= 0.3 is 5.97 Å². The molecule has 0 unspecified atom stereocenters. The molecule has 0 saturated carbocycles. The lowest BCUT2D eigenvalue weighted by Crippen LogP contribution is -2.13. The van der Waals surface area contributed by atoms with E-state index in [9.17, 15) is 9.59 Å². The fourth-order valence-corrected chi connectivity index (χ4v) is 2.96. The third-order valence-corrected chi connectivity index (χ3v) is 4.27. The predicted octanol–water partition coefficient (Wildman–Crippen LogP) is 2.08. The Hall–Kier alpha value is -1.87. The number of aryl methyl sites for hydroxylation is 1. The summed E-state index contributed by atoms with van der Waals surface area (Å²) in [6.45, 7) is 3.75. The number of ether oxygens (including phenoxy) is 1. The zero-order valence-corrected chi connectivity index (χ0v) is 13.1. The van der Waals surface area contributed by atoms with Crippen molar-refractivity contribution in [3.63, 3.8) is 0 Å². The van der Waals surface area contributed by atoms with Crippen molar-refractivity contribution in [3.05, 3.63) is 23.0 Å². The zero-order valence-electron chi connectivity index (χ0n) is 11.5. The van der Waals surface area contributed by atoms with Crippen LogP contribution in [0, 0.1) is 6.92 Å². The Morgan fingerprint density at radius 3 is 3.00 bits per heavy atom. The summed E-state index contributed by atoms with van der Waals surface area (Å²) in [5.41, 5.74) is 0.549. The molecule has 0 aliphatic heterocycles. The number of rotatable bonds is 6. The van der Waals surface area contributed by atoms with E-state index in [1.807, 2.05) is 0 Å². The molecule has 0 atom stereocenters. The molecule has 2 heterocycles. The number of nitrogens with zero attached hydrogens (tertiary/aromatic N) is 2. The van der Waals surface area contributed by atoms with Crippen molar-refractivity contribution < 1.29 is 14.3 Å².